The van der Waals surface area contributed by atoms with Crippen molar-refractivity contribution in [3.05, 3.63) is 15.2 Å². The largest absolute Gasteiger partial charge is 0.238 e. The summed E-state index contributed by atoms with van der Waals surface area (Å²) in [7, 11) is 0. The summed E-state index contributed by atoms with van der Waals surface area (Å²) < 4.78 is 12.3. The number of hydrogen-bond acceptors (Lipinski definition) is 2. The summed E-state index contributed by atoms with van der Waals surface area (Å²) in [6, 6.07) is 0. The third-order valence-electron chi connectivity index (χ3n) is 0.441. The van der Waals surface area contributed by atoms with E-state index in [1.54, 1.807) is 0 Å². The van der Waals surface area contributed by atoms with E-state index in [-0.39, 0.29) is 0 Å². The molecule has 4 heteroatoms. The van der Waals surface area contributed by atoms with Crippen LogP contribution in [0, 0.1) is 11.5 Å². The lowest BCUT2D eigenvalue weighted by Gasteiger charge is -1.70. The highest BCUT2D eigenvalue weighted by molar-refractivity contribution is 9.11. The summed E-state index contributed by atoms with van der Waals surface area (Å²) in [5, 5.41) is 0. The minimum Gasteiger partial charge on any atom is -0.204 e. The minimum atomic E-state index is -0.481. The lowest BCUT2D eigenvalue weighted by molar-refractivity contribution is 0.586. The highest BCUT2D eigenvalue weighted by atomic mass is 79.9. The number of halogens is 2. The van der Waals surface area contributed by atoms with Gasteiger partial charge in [0.05, 0.1) is 0 Å². The van der Waals surface area contributed by atoms with Crippen LogP contribution in [0.4, 0.5) is 4.39 Å². The van der Waals surface area contributed by atoms with E-state index in [0.717, 1.165) is 11.3 Å². The predicted octanol–water partition coefficient (Wildman–Crippen LogP) is 1.84. The molecule has 0 spiro atoms. The van der Waals surface area contributed by atoms with Gasteiger partial charge in [0.2, 0.25) is 5.95 Å². The average Bonchev–Trinajstić information content (AvgIpc) is 1.91. The third kappa shape index (κ3) is 0.978. The van der Waals surface area contributed by atoms with Crippen molar-refractivity contribution in [1.29, 1.82) is 0 Å². The molecule has 0 bridgehead atoms. The first-order valence-electron chi connectivity index (χ1n) is 1.48. The van der Waals surface area contributed by atoms with Gasteiger partial charge in [0.25, 0.3) is 0 Å². The molecule has 1 aromatic rings. The van der Waals surface area contributed by atoms with E-state index in [9.17, 15) is 4.39 Å². The molecular weight excluding hydrogens is 181 g/mol. The normalized spacial score (nSPS) is 9.43. The van der Waals surface area contributed by atoms with Gasteiger partial charge in [0, 0.05) is 0 Å². The monoisotopic (exact) mass is 180 g/mol. The van der Waals surface area contributed by atoms with Gasteiger partial charge >= 0.3 is 0 Å². The van der Waals surface area contributed by atoms with Gasteiger partial charge in [-0.25, -0.2) is 4.98 Å². The second-order valence-corrected chi connectivity index (χ2v) is 2.98. The highest BCUT2D eigenvalue weighted by Crippen LogP contribution is 2.17. The van der Waals surface area contributed by atoms with Crippen LogP contribution in [-0.4, -0.2) is 4.98 Å². The van der Waals surface area contributed by atoms with Crippen LogP contribution in [0.15, 0.2) is 3.79 Å². The fourth-order valence-electron chi connectivity index (χ4n) is 0.189. The second-order valence-electron chi connectivity index (χ2n) is 0.870. The van der Waals surface area contributed by atoms with Gasteiger partial charge in [-0.05, 0) is 15.9 Å². The molecule has 1 radical (unpaired) electrons. The van der Waals surface area contributed by atoms with Crippen molar-refractivity contribution >= 4 is 27.3 Å². The minimum absolute atomic E-state index is 0.410. The third-order valence-corrected chi connectivity index (χ3v) is 1.78. The average molecular weight is 181 g/mol. The molecule has 0 aromatic carbocycles. The topological polar surface area (TPSA) is 12.9 Å². The molecule has 1 aromatic heterocycles. The van der Waals surface area contributed by atoms with Crippen LogP contribution in [0.25, 0.3) is 0 Å². The molecule has 0 fully saturated rings. The van der Waals surface area contributed by atoms with Crippen molar-refractivity contribution in [2.45, 2.75) is 0 Å². The first kappa shape index (κ1) is 5.18. The fourth-order valence-corrected chi connectivity index (χ4v) is 0.831. The lowest BCUT2D eigenvalue weighted by Crippen LogP contribution is -1.65. The Morgan fingerprint density at radius 3 is 2.71 bits per heavy atom. The van der Waals surface area contributed by atoms with E-state index in [2.05, 4.69) is 26.4 Å². The molecule has 0 aliphatic rings. The molecular formula is C3BrFNS. The molecule has 0 N–H and O–H groups in total. The van der Waals surface area contributed by atoms with Gasteiger partial charge in [-0.15, -0.1) is 11.3 Å². The van der Waals surface area contributed by atoms with Crippen molar-refractivity contribution in [2.24, 2.45) is 0 Å². The molecule has 0 saturated carbocycles. The second kappa shape index (κ2) is 1.88. The van der Waals surface area contributed by atoms with Crippen molar-refractivity contribution in [2.75, 3.05) is 0 Å². The van der Waals surface area contributed by atoms with Crippen LogP contribution in [0.2, 0.25) is 0 Å². The van der Waals surface area contributed by atoms with E-state index in [1.807, 2.05) is 0 Å². The Kier molecular flexibility index (Phi) is 1.39. The van der Waals surface area contributed by atoms with Crippen molar-refractivity contribution in [3.8, 4) is 0 Å². The van der Waals surface area contributed by atoms with Gasteiger partial charge in [0.15, 0.2) is 5.51 Å². The van der Waals surface area contributed by atoms with Crippen LogP contribution >= 0.6 is 27.3 Å². The van der Waals surface area contributed by atoms with E-state index in [1.165, 1.54) is 0 Å². The Morgan fingerprint density at radius 2 is 2.57 bits per heavy atom. The van der Waals surface area contributed by atoms with E-state index < -0.39 is 5.95 Å². The summed E-state index contributed by atoms with van der Waals surface area (Å²) in [5.74, 6) is -0.481. The molecule has 0 unspecified atom stereocenters. The number of nitrogens with zero attached hydrogens (tertiary/aromatic N) is 1. The van der Waals surface area contributed by atoms with Crippen LogP contribution in [-0.2, 0) is 0 Å². The molecule has 0 atom stereocenters. The molecule has 37 valence electrons. The Morgan fingerprint density at radius 1 is 1.86 bits per heavy atom. The fraction of sp³-hybridized carbons (Fsp3) is 0. The maximum absolute atomic E-state index is 11.9. The zero-order valence-electron chi connectivity index (χ0n) is 3.11. The Bertz CT molecular complexity index is 147. The van der Waals surface area contributed by atoms with E-state index >= 15 is 0 Å². The molecule has 1 heterocycles. The smallest absolute Gasteiger partial charge is 0.204 e. The quantitative estimate of drug-likeness (QED) is 0.595. The molecule has 7 heavy (non-hydrogen) atoms. The number of rotatable bonds is 0. The molecule has 1 nitrogen and oxygen atoms in total. The molecule has 0 amide bonds. The summed E-state index contributed by atoms with van der Waals surface area (Å²) >= 11 is 4.02. The predicted molar refractivity (Wildman–Crippen MR) is 28.6 cm³/mol. The van der Waals surface area contributed by atoms with Crippen LogP contribution in [0.1, 0.15) is 0 Å². The summed E-state index contributed by atoms with van der Waals surface area (Å²) in [6.07, 6.45) is 0. The van der Waals surface area contributed by atoms with Crippen molar-refractivity contribution in [3.63, 3.8) is 0 Å². The van der Waals surface area contributed by atoms with Gasteiger partial charge in [0.1, 0.15) is 3.79 Å². The van der Waals surface area contributed by atoms with Gasteiger partial charge < -0.3 is 0 Å². The number of aromatic nitrogens is 1. The van der Waals surface area contributed by atoms with Crippen molar-refractivity contribution in [1.82, 2.24) is 4.98 Å². The summed E-state index contributed by atoms with van der Waals surface area (Å²) in [6.45, 7) is 0. The first-order chi connectivity index (χ1) is 3.30. The summed E-state index contributed by atoms with van der Waals surface area (Å²) in [4.78, 5) is 3.20. The van der Waals surface area contributed by atoms with Gasteiger partial charge in [-0.2, -0.15) is 4.39 Å². The highest BCUT2D eigenvalue weighted by Gasteiger charge is 1.97. The van der Waals surface area contributed by atoms with E-state index in [0.29, 0.717) is 3.79 Å². The Hall–Kier alpha value is 0.0400. The number of hydrogen-bond donors (Lipinski definition) is 0. The number of thiazole rings is 1. The SMILES string of the molecule is Fc1n[c]sc1Br. The van der Waals surface area contributed by atoms with Crippen LogP contribution < -0.4 is 0 Å². The summed E-state index contributed by atoms with van der Waals surface area (Å²) in [5.41, 5.74) is 2.37. The molecule has 1 rings (SSSR count). The van der Waals surface area contributed by atoms with Gasteiger partial charge in [-0.3, -0.25) is 0 Å². The maximum Gasteiger partial charge on any atom is 0.238 e. The zero-order chi connectivity index (χ0) is 5.28. The van der Waals surface area contributed by atoms with Crippen molar-refractivity contribution < 1.29 is 4.39 Å². The molecule has 0 aliphatic heterocycles. The Labute approximate surface area is 52.3 Å². The maximum atomic E-state index is 11.9. The van der Waals surface area contributed by atoms with Crippen LogP contribution in [0.3, 0.4) is 0 Å². The first-order valence-corrected chi connectivity index (χ1v) is 3.09. The van der Waals surface area contributed by atoms with E-state index in [4.69, 9.17) is 0 Å². The molecule has 0 aliphatic carbocycles. The zero-order valence-corrected chi connectivity index (χ0v) is 5.51. The van der Waals surface area contributed by atoms with Gasteiger partial charge in [-0.1, -0.05) is 0 Å². The Balaban J connectivity index is 3.12. The van der Waals surface area contributed by atoms with Crippen LogP contribution in [0.5, 0.6) is 0 Å². The molecule has 0 saturated heterocycles. The standard InChI is InChI=1S/C3BrFNS/c4-2-3(5)6-1-7-2. The lowest BCUT2D eigenvalue weighted by atomic mass is 11.0.